The third-order valence-corrected chi connectivity index (χ3v) is 4.53. The Bertz CT molecular complexity index is 1000. The summed E-state index contributed by atoms with van der Waals surface area (Å²) < 4.78 is 3.68. The second-order valence-corrected chi connectivity index (χ2v) is 6.44. The zero-order valence-electron chi connectivity index (χ0n) is 14.0. The Kier molecular flexibility index (Phi) is 3.83. The highest BCUT2D eigenvalue weighted by atomic mass is 16.2. The van der Waals surface area contributed by atoms with Crippen molar-refractivity contribution < 1.29 is 4.79 Å². The van der Waals surface area contributed by atoms with Gasteiger partial charge in [0.25, 0.3) is 0 Å². The van der Waals surface area contributed by atoms with Gasteiger partial charge >= 0.3 is 0 Å². The van der Waals surface area contributed by atoms with E-state index in [1.807, 2.05) is 19.2 Å². The molecule has 3 aromatic rings. The van der Waals surface area contributed by atoms with Crippen LogP contribution in [0.5, 0.6) is 0 Å². The lowest BCUT2D eigenvalue weighted by Crippen LogP contribution is -2.42. The van der Waals surface area contributed by atoms with Gasteiger partial charge in [-0.3, -0.25) is 14.3 Å². The first kappa shape index (κ1) is 15.6. The van der Waals surface area contributed by atoms with E-state index in [0.29, 0.717) is 10.9 Å². The van der Waals surface area contributed by atoms with Crippen LogP contribution in [0.2, 0.25) is 0 Å². The summed E-state index contributed by atoms with van der Waals surface area (Å²) in [4.78, 5) is 28.8. The lowest BCUT2D eigenvalue weighted by molar-refractivity contribution is -0.122. The summed E-state index contributed by atoms with van der Waals surface area (Å²) in [6, 6.07) is 7.28. The number of hydrogen-bond donors (Lipinski definition) is 1. The fourth-order valence-corrected chi connectivity index (χ4v) is 3.40. The van der Waals surface area contributed by atoms with Crippen molar-refractivity contribution in [3.8, 4) is 0 Å². The van der Waals surface area contributed by atoms with Crippen molar-refractivity contribution in [3.05, 3.63) is 58.4 Å². The number of fused-ring (bicyclic) bond motifs is 2. The highest BCUT2D eigenvalue weighted by Gasteiger charge is 2.21. The maximum absolute atomic E-state index is 12.5. The smallest absolute Gasteiger partial charge is 0.242 e. The van der Waals surface area contributed by atoms with E-state index in [2.05, 4.69) is 20.0 Å². The Labute approximate surface area is 144 Å². The molecule has 7 nitrogen and oxygen atoms in total. The number of para-hydroxylation sites is 1. The molecule has 1 atom stereocenters. The summed E-state index contributed by atoms with van der Waals surface area (Å²) in [6.45, 7) is 2.80. The van der Waals surface area contributed by atoms with Gasteiger partial charge in [-0.25, -0.2) is 4.98 Å². The van der Waals surface area contributed by atoms with Crippen LogP contribution in [0.4, 0.5) is 0 Å². The monoisotopic (exact) mass is 337 g/mol. The highest BCUT2D eigenvalue weighted by molar-refractivity contribution is 5.81. The minimum atomic E-state index is -0.137. The van der Waals surface area contributed by atoms with Gasteiger partial charge in [0.2, 0.25) is 11.3 Å². The van der Waals surface area contributed by atoms with Crippen molar-refractivity contribution in [3.63, 3.8) is 0 Å². The standard InChI is InChI=1S/C18H19N5O2/c1-12-9-22-10-13(6-7-17(22)20-12)21-18(25)11-23-15-5-3-2-4-14(15)16(24)8-19-23/h2-5,8-9,13H,6-7,10-11H2,1H3,(H,21,25)/t13-/m1/s1. The first-order valence-electron chi connectivity index (χ1n) is 8.37. The van der Waals surface area contributed by atoms with Crippen LogP contribution >= 0.6 is 0 Å². The fraction of sp³-hybridized carbons (Fsp3) is 0.333. The van der Waals surface area contributed by atoms with E-state index in [9.17, 15) is 9.59 Å². The molecule has 0 aliphatic carbocycles. The molecule has 0 fully saturated rings. The molecule has 25 heavy (non-hydrogen) atoms. The van der Waals surface area contributed by atoms with Crippen molar-refractivity contribution in [2.24, 2.45) is 0 Å². The summed E-state index contributed by atoms with van der Waals surface area (Å²) in [5.41, 5.74) is 1.54. The molecule has 128 valence electrons. The Morgan fingerprint density at radius 2 is 2.20 bits per heavy atom. The van der Waals surface area contributed by atoms with Gasteiger partial charge in [0, 0.05) is 30.6 Å². The van der Waals surface area contributed by atoms with Crippen molar-refractivity contribution in [2.45, 2.75) is 38.9 Å². The van der Waals surface area contributed by atoms with Crippen LogP contribution in [-0.4, -0.2) is 31.3 Å². The number of hydrogen-bond acceptors (Lipinski definition) is 4. The van der Waals surface area contributed by atoms with Crippen LogP contribution in [0.3, 0.4) is 0 Å². The molecule has 0 spiro atoms. The SMILES string of the molecule is Cc1cn2c(n1)CC[C@@H](NC(=O)Cn1ncc(=O)c3ccccc31)C2. The van der Waals surface area contributed by atoms with E-state index >= 15 is 0 Å². The molecule has 1 aliphatic rings. The number of carbonyl (C=O) groups excluding carboxylic acids is 1. The van der Waals surface area contributed by atoms with Crippen molar-refractivity contribution >= 4 is 16.8 Å². The molecule has 0 saturated heterocycles. The maximum Gasteiger partial charge on any atom is 0.242 e. The first-order valence-corrected chi connectivity index (χ1v) is 8.37. The quantitative estimate of drug-likeness (QED) is 0.774. The van der Waals surface area contributed by atoms with Crippen molar-refractivity contribution in [1.82, 2.24) is 24.6 Å². The number of imidazole rings is 1. The number of benzene rings is 1. The fourth-order valence-electron chi connectivity index (χ4n) is 3.40. The zero-order valence-corrected chi connectivity index (χ0v) is 14.0. The van der Waals surface area contributed by atoms with E-state index in [-0.39, 0.29) is 23.9 Å². The van der Waals surface area contributed by atoms with E-state index in [0.717, 1.165) is 30.9 Å². The maximum atomic E-state index is 12.5. The summed E-state index contributed by atoms with van der Waals surface area (Å²) in [6.07, 6.45) is 5.01. The van der Waals surface area contributed by atoms with Gasteiger partial charge in [-0.2, -0.15) is 5.10 Å². The molecule has 1 aliphatic heterocycles. The molecule has 0 saturated carbocycles. The number of carbonyl (C=O) groups is 1. The van der Waals surface area contributed by atoms with Gasteiger partial charge in [-0.15, -0.1) is 0 Å². The predicted octanol–water partition coefficient (Wildman–Crippen LogP) is 1.03. The Morgan fingerprint density at radius 3 is 3.08 bits per heavy atom. The summed E-state index contributed by atoms with van der Waals surface area (Å²) >= 11 is 0. The van der Waals surface area contributed by atoms with Gasteiger partial charge in [-0.1, -0.05) is 12.1 Å². The minimum absolute atomic E-state index is 0.0826. The third kappa shape index (κ3) is 3.05. The zero-order chi connectivity index (χ0) is 17.4. The molecular weight excluding hydrogens is 318 g/mol. The van der Waals surface area contributed by atoms with Crippen molar-refractivity contribution in [2.75, 3.05) is 0 Å². The Morgan fingerprint density at radius 1 is 1.36 bits per heavy atom. The van der Waals surface area contributed by atoms with Crippen molar-refractivity contribution in [1.29, 1.82) is 0 Å². The molecule has 0 unspecified atom stereocenters. The normalized spacial score (nSPS) is 16.6. The lowest BCUT2D eigenvalue weighted by atomic mass is 10.1. The van der Waals surface area contributed by atoms with Crippen LogP contribution in [-0.2, 0) is 24.3 Å². The number of nitrogens with one attached hydrogen (secondary N) is 1. The van der Waals surface area contributed by atoms with E-state index in [1.54, 1.807) is 22.9 Å². The van der Waals surface area contributed by atoms with E-state index < -0.39 is 0 Å². The molecule has 1 N–H and O–H groups in total. The lowest BCUT2D eigenvalue weighted by Gasteiger charge is -2.24. The summed E-state index contributed by atoms with van der Waals surface area (Å²) in [5.74, 6) is 0.975. The number of aromatic nitrogens is 4. The van der Waals surface area contributed by atoms with E-state index in [4.69, 9.17) is 0 Å². The van der Waals surface area contributed by atoms with Crippen LogP contribution in [0.15, 0.2) is 41.5 Å². The Hall–Kier alpha value is -2.96. The number of nitrogens with zero attached hydrogens (tertiary/aromatic N) is 4. The largest absolute Gasteiger partial charge is 0.350 e. The van der Waals surface area contributed by atoms with Crippen LogP contribution in [0.25, 0.3) is 10.9 Å². The number of aryl methyl sites for hydroxylation is 2. The molecule has 3 heterocycles. The average molecular weight is 337 g/mol. The summed E-state index contributed by atoms with van der Waals surface area (Å²) in [5, 5.41) is 7.75. The molecule has 7 heteroatoms. The van der Waals surface area contributed by atoms with Crippen LogP contribution in [0, 0.1) is 6.92 Å². The molecule has 0 radical (unpaired) electrons. The topological polar surface area (TPSA) is 81.8 Å². The minimum Gasteiger partial charge on any atom is -0.350 e. The van der Waals surface area contributed by atoms with Crippen LogP contribution in [0.1, 0.15) is 17.9 Å². The molecule has 1 amide bonds. The second kappa shape index (κ2) is 6.16. The predicted molar refractivity (Wildman–Crippen MR) is 93.2 cm³/mol. The summed E-state index contributed by atoms with van der Waals surface area (Å²) in [7, 11) is 0. The van der Waals surface area contributed by atoms with Gasteiger partial charge < -0.3 is 9.88 Å². The molecule has 1 aromatic carbocycles. The molecule has 2 aromatic heterocycles. The first-order chi connectivity index (χ1) is 12.1. The van der Waals surface area contributed by atoms with E-state index in [1.165, 1.54) is 6.20 Å². The molecule has 4 rings (SSSR count). The third-order valence-electron chi connectivity index (χ3n) is 4.53. The number of rotatable bonds is 3. The van der Waals surface area contributed by atoms with Gasteiger partial charge in [0.15, 0.2) is 0 Å². The molecule has 0 bridgehead atoms. The van der Waals surface area contributed by atoms with Crippen LogP contribution < -0.4 is 10.7 Å². The Balaban J connectivity index is 1.48. The highest BCUT2D eigenvalue weighted by Crippen LogP contribution is 2.15. The van der Waals surface area contributed by atoms with Gasteiger partial charge in [0.05, 0.1) is 17.4 Å². The van der Waals surface area contributed by atoms with Gasteiger partial charge in [0.1, 0.15) is 12.4 Å². The average Bonchev–Trinajstić information content (AvgIpc) is 2.97. The van der Waals surface area contributed by atoms with Gasteiger partial charge in [-0.05, 0) is 25.5 Å². The second-order valence-electron chi connectivity index (χ2n) is 6.44. The number of amides is 1. The molecular formula is C18H19N5O2.